The second-order valence-corrected chi connectivity index (χ2v) is 4.26. The van der Waals surface area contributed by atoms with E-state index >= 15 is 0 Å². The predicted molar refractivity (Wildman–Crippen MR) is 68.2 cm³/mol. The van der Waals surface area contributed by atoms with E-state index in [1.807, 2.05) is 30.3 Å². The van der Waals surface area contributed by atoms with Crippen LogP contribution in [0.5, 0.6) is 0 Å². The summed E-state index contributed by atoms with van der Waals surface area (Å²) in [6, 6.07) is 9.63. The van der Waals surface area contributed by atoms with E-state index in [1.165, 1.54) is 0 Å². The van der Waals surface area contributed by atoms with Gasteiger partial charge in [-0.05, 0) is 11.1 Å². The fraction of sp³-hybridized carbons (Fsp3) is 0.357. The molecule has 18 heavy (non-hydrogen) atoms. The van der Waals surface area contributed by atoms with Gasteiger partial charge in [-0.25, -0.2) is 4.79 Å². The molecule has 1 saturated heterocycles. The van der Waals surface area contributed by atoms with E-state index in [4.69, 9.17) is 9.47 Å². The average Bonchev–Trinajstić information content (AvgIpc) is 2.62. The minimum absolute atomic E-state index is 0.295. The summed E-state index contributed by atoms with van der Waals surface area (Å²) in [5.74, 6) is 0. The summed E-state index contributed by atoms with van der Waals surface area (Å²) in [6.45, 7) is 6.25. The van der Waals surface area contributed by atoms with Crippen molar-refractivity contribution in [2.24, 2.45) is 0 Å². The van der Waals surface area contributed by atoms with Crippen molar-refractivity contribution in [2.45, 2.75) is 6.61 Å². The molecule has 0 unspecified atom stereocenters. The van der Waals surface area contributed by atoms with E-state index in [1.54, 1.807) is 4.90 Å². The molecular formula is C14H17NO3. The van der Waals surface area contributed by atoms with Crippen molar-refractivity contribution in [1.29, 1.82) is 0 Å². The van der Waals surface area contributed by atoms with Gasteiger partial charge >= 0.3 is 6.09 Å². The first-order valence-corrected chi connectivity index (χ1v) is 5.96. The fourth-order valence-electron chi connectivity index (χ4n) is 1.75. The van der Waals surface area contributed by atoms with E-state index in [0.29, 0.717) is 32.9 Å². The molecule has 4 heteroatoms. The van der Waals surface area contributed by atoms with Crippen molar-refractivity contribution in [2.75, 3.05) is 26.3 Å². The van der Waals surface area contributed by atoms with Gasteiger partial charge in [0.05, 0.1) is 13.2 Å². The van der Waals surface area contributed by atoms with Crippen LogP contribution in [-0.2, 0) is 16.1 Å². The molecule has 1 fully saturated rings. The maximum absolute atomic E-state index is 11.9. The highest BCUT2D eigenvalue weighted by atomic mass is 16.6. The Morgan fingerprint density at radius 2 is 2.17 bits per heavy atom. The lowest BCUT2D eigenvalue weighted by Gasteiger charge is -2.19. The minimum Gasteiger partial charge on any atom is -0.445 e. The van der Waals surface area contributed by atoms with E-state index in [9.17, 15) is 4.79 Å². The summed E-state index contributed by atoms with van der Waals surface area (Å²) in [5, 5.41) is 0. The third-order valence-electron chi connectivity index (χ3n) is 2.69. The average molecular weight is 247 g/mol. The Bertz CT molecular complexity index is 416. The molecule has 1 aliphatic rings. The Morgan fingerprint density at radius 1 is 1.39 bits per heavy atom. The minimum atomic E-state index is -0.314. The van der Waals surface area contributed by atoms with Crippen LogP contribution in [0.25, 0.3) is 0 Å². The highest BCUT2D eigenvalue weighted by Crippen LogP contribution is 2.07. The van der Waals surface area contributed by atoms with Gasteiger partial charge in [0.15, 0.2) is 0 Å². The SMILES string of the molecule is C=C1COCCN(C(=O)OCc2ccccc2)C1. The molecule has 4 nitrogen and oxygen atoms in total. The number of carbonyl (C=O) groups excluding carboxylic acids is 1. The molecule has 1 heterocycles. The molecule has 96 valence electrons. The number of hydrogen-bond donors (Lipinski definition) is 0. The molecule has 0 N–H and O–H groups in total. The van der Waals surface area contributed by atoms with Gasteiger partial charge < -0.3 is 14.4 Å². The van der Waals surface area contributed by atoms with Crippen LogP contribution in [0.15, 0.2) is 42.5 Å². The van der Waals surface area contributed by atoms with E-state index in [2.05, 4.69) is 6.58 Å². The molecule has 1 amide bonds. The monoisotopic (exact) mass is 247 g/mol. The zero-order chi connectivity index (χ0) is 12.8. The van der Waals surface area contributed by atoms with E-state index < -0.39 is 0 Å². The molecule has 0 bridgehead atoms. The largest absolute Gasteiger partial charge is 0.445 e. The summed E-state index contributed by atoms with van der Waals surface area (Å²) < 4.78 is 10.6. The van der Waals surface area contributed by atoms with Gasteiger partial charge in [0.2, 0.25) is 0 Å². The number of benzene rings is 1. The lowest BCUT2D eigenvalue weighted by molar-refractivity contribution is 0.0918. The van der Waals surface area contributed by atoms with Gasteiger partial charge in [-0.1, -0.05) is 36.9 Å². The zero-order valence-electron chi connectivity index (χ0n) is 10.3. The first kappa shape index (κ1) is 12.6. The van der Waals surface area contributed by atoms with Crippen LogP contribution in [-0.4, -0.2) is 37.3 Å². The summed E-state index contributed by atoms with van der Waals surface area (Å²) in [7, 11) is 0. The topological polar surface area (TPSA) is 38.8 Å². The quantitative estimate of drug-likeness (QED) is 0.752. The molecule has 0 spiro atoms. The lowest BCUT2D eigenvalue weighted by atomic mass is 10.2. The van der Waals surface area contributed by atoms with Crippen molar-refractivity contribution in [1.82, 2.24) is 4.90 Å². The molecule has 0 radical (unpaired) electrons. The van der Waals surface area contributed by atoms with Crippen LogP contribution >= 0.6 is 0 Å². The first-order chi connectivity index (χ1) is 8.75. The highest BCUT2D eigenvalue weighted by molar-refractivity contribution is 5.68. The van der Waals surface area contributed by atoms with Gasteiger partial charge in [0.1, 0.15) is 6.61 Å². The van der Waals surface area contributed by atoms with Crippen LogP contribution in [0.3, 0.4) is 0 Å². The fourth-order valence-corrected chi connectivity index (χ4v) is 1.75. The van der Waals surface area contributed by atoms with Crippen LogP contribution in [0.1, 0.15) is 5.56 Å². The third-order valence-corrected chi connectivity index (χ3v) is 2.69. The zero-order valence-corrected chi connectivity index (χ0v) is 10.3. The van der Waals surface area contributed by atoms with Crippen LogP contribution in [0, 0.1) is 0 Å². The number of hydrogen-bond acceptors (Lipinski definition) is 3. The smallest absolute Gasteiger partial charge is 0.410 e. The first-order valence-electron chi connectivity index (χ1n) is 5.96. The lowest BCUT2D eigenvalue weighted by Crippen LogP contribution is -2.34. The molecule has 1 aromatic rings. The van der Waals surface area contributed by atoms with Gasteiger partial charge in [-0.2, -0.15) is 0 Å². The molecule has 2 rings (SSSR count). The predicted octanol–water partition coefficient (Wildman–Crippen LogP) is 2.21. The second-order valence-electron chi connectivity index (χ2n) is 4.26. The molecule has 0 saturated carbocycles. The van der Waals surface area contributed by atoms with Gasteiger partial charge in [0.25, 0.3) is 0 Å². The van der Waals surface area contributed by atoms with Crippen molar-refractivity contribution in [3.63, 3.8) is 0 Å². The number of rotatable bonds is 2. The standard InChI is InChI=1S/C14H17NO3/c1-12-9-15(7-8-17-10-12)14(16)18-11-13-5-3-2-4-6-13/h2-6H,1,7-11H2. The van der Waals surface area contributed by atoms with Gasteiger partial charge in [-0.15, -0.1) is 0 Å². The van der Waals surface area contributed by atoms with Crippen LogP contribution in [0.2, 0.25) is 0 Å². The summed E-state index contributed by atoms with van der Waals surface area (Å²) in [5.41, 5.74) is 1.87. The number of nitrogens with zero attached hydrogens (tertiary/aromatic N) is 1. The molecular weight excluding hydrogens is 230 g/mol. The molecule has 1 aromatic carbocycles. The van der Waals surface area contributed by atoms with E-state index in [0.717, 1.165) is 11.1 Å². The Morgan fingerprint density at radius 3 is 2.94 bits per heavy atom. The number of amides is 1. The number of carbonyl (C=O) groups is 1. The second kappa shape index (κ2) is 6.21. The molecule has 0 aromatic heterocycles. The summed E-state index contributed by atoms with van der Waals surface area (Å²) in [4.78, 5) is 13.5. The van der Waals surface area contributed by atoms with Crippen LogP contribution < -0.4 is 0 Å². The molecule has 1 aliphatic heterocycles. The summed E-state index contributed by atoms with van der Waals surface area (Å²) >= 11 is 0. The van der Waals surface area contributed by atoms with E-state index in [-0.39, 0.29) is 6.09 Å². The highest BCUT2D eigenvalue weighted by Gasteiger charge is 2.18. The van der Waals surface area contributed by atoms with Crippen molar-refractivity contribution >= 4 is 6.09 Å². The normalized spacial score (nSPS) is 16.2. The Hall–Kier alpha value is -1.81. The van der Waals surface area contributed by atoms with Crippen molar-refractivity contribution in [3.05, 3.63) is 48.0 Å². The maximum atomic E-state index is 11.9. The molecule has 0 atom stereocenters. The Kier molecular flexibility index (Phi) is 4.36. The molecule has 0 aliphatic carbocycles. The Balaban J connectivity index is 1.85. The number of ether oxygens (including phenoxy) is 2. The van der Waals surface area contributed by atoms with Crippen molar-refractivity contribution < 1.29 is 14.3 Å². The Labute approximate surface area is 107 Å². The maximum Gasteiger partial charge on any atom is 0.410 e. The van der Waals surface area contributed by atoms with Crippen LogP contribution in [0.4, 0.5) is 4.79 Å². The third kappa shape index (κ3) is 3.60. The van der Waals surface area contributed by atoms with Gasteiger partial charge in [0, 0.05) is 13.1 Å². The van der Waals surface area contributed by atoms with Crippen molar-refractivity contribution in [3.8, 4) is 0 Å². The van der Waals surface area contributed by atoms with Gasteiger partial charge in [-0.3, -0.25) is 0 Å². The summed E-state index contributed by atoms with van der Waals surface area (Å²) in [6.07, 6.45) is -0.314.